The average Bonchev–Trinajstić information content (AvgIpc) is 3.10. The normalized spacial score (nSPS) is 39.6. The molecule has 0 aromatic heterocycles. The molecule has 4 aliphatic rings. The number of ether oxygens (including phenoxy) is 2. The molecule has 0 radical (unpaired) electrons. The van der Waals surface area contributed by atoms with Gasteiger partial charge in [-0.3, -0.25) is 19.2 Å². The molecule has 3 saturated carbocycles. The molecular weight excluding hydrogens is 420 g/mol. The third-order valence-corrected chi connectivity index (χ3v) is 9.76. The number of hydrogen-bond donors (Lipinski definition) is 0. The molecule has 4 rings (SSSR count). The zero-order valence-electron chi connectivity index (χ0n) is 20.5. The first kappa shape index (κ1) is 24.2. The van der Waals surface area contributed by atoms with Crippen LogP contribution in [-0.2, 0) is 28.7 Å². The van der Waals surface area contributed by atoms with Gasteiger partial charge in [-0.1, -0.05) is 33.3 Å². The van der Waals surface area contributed by atoms with Gasteiger partial charge in [-0.2, -0.15) is 0 Å². The minimum Gasteiger partial charge on any atom is -0.457 e. The van der Waals surface area contributed by atoms with E-state index in [1.165, 1.54) is 5.57 Å². The van der Waals surface area contributed by atoms with Crippen LogP contribution in [0.5, 0.6) is 0 Å². The van der Waals surface area contributed by atoms with Gasteiger partial charge < -0.3 is 9.47 Å². The van der Waals surface area contributed by atoms with Crippen molar-refractivity contribution in [3.05, 3.63) is 11.6 Å². The van der Waals surface area contributed by atoms with E-state index in [-0.39, 0.29) is 48.3 Å². The Bertz CT molecular complexity index is 889. The lowest BCUT2D eigenvalue weighted by Crippen LogP contribution is -2.60. The second kappa shape index (κ2) is 8.66. The van der Waals surface area contributed by atoms with Gasteiger partial charge >= 0.3 is 11.9 Å². The Morgan fingerprint density at radius 2 is 1.64 bits per heavy atom. The molecular formula is C27H38O6. The van der Waals surface area contributed by atoms with Crippen molar-refractivity contribution < 1.29 is 28.7 Å². The van der Waals surface area contributed by atoms with E-state index in [0.29, 0.717) is 24.7 Å². The number of allylic oxidation sites excluding steroid dienone is 1. The zero-order valence-corrected chi connectivity index (χ0v) is 20.5. The van der Waals surface area contributed by atoms with Crippen LogP contribution in [0.15, 0.2) is 11.6 Å². The van der Waals surface area contributed by atoms with E-state index in [0.717, 1.165) is 38.5 Å². The van der Waals surface area contributed by atoms with Crippen LogP contribution in [0.3, 0.4) is 0 Å². The van der Waals surface area contributed by atoms with Crippen molar-refractivity contribution in [1.29, 1.82) is 0 Å². The summed E-state index contributed by atoms with van der Waals surface area (Å²) in [5, 5.41) is 0. The van der Waals surface area contributed by atoms with E-state index < -0.39 is 17.0 Å². The summed E-state index contributed by atoms with van der Waals surface area (Å²) in [6.45, 7) is 7.55. The standard InChI is InChI=1S/C27H38O6/c1-5-23(30)32-16-22(29)27(33-24(31)6-2)14-11-21-19-8-7-17-15-18(28)9-12-25(17,3)20(19)10-13-26(21,27)4/h15,19-21H,5-14,16H2,1-4H3/t19-,20+,21+,25+,26+,27+/m1/s1. The lowest BCUT2D eigenvalue weighted by atomic mass is 9.46. The number of ketones is 2. The van der Waals surface area contributed by atoms with E-state index in [1.807, 2.05) is 6.08 Å². The quantitative estimate of drug-likeness (QED) is 0.535. The van der Waals surface area contributed by atoms with Gasteiger partial charge in [0.15, 0.2) is 18.0 Å². The molecule has 182 valence electrons. The fourth-order valence-electron chi connectivity index (χ4n) is 7.87. The van der Waals surface area contributed by atoms with Crippen LogP contribution in [0.4, 0.5) is 0 Å². The molecule has 33 heavy (non-hydrogen) atoms. The zero-order chi connectivity index (χ0) is 24.0. The number of hydrogen-bond acceptors (Lipinski definition) is 6. The first-order valence-corrected chi connectivity index (χ1v) is 12.8. The predicted molar refractivity (Wildman–Crippen MR) is 122 cm³/mol. The molecule has 6 nitrogen and oxygen atoms in total. The molecule has 0 saturated heterocycles. The lowest BCUT2D eigenvalue weighted by Gasteiger charge is -2.59. The minimum absolute atomic E-state index is 0.0458. The maximum absolute atomic E-state index is 13.6. The maximum atomic E-state index is 13.6. The van der Waals surface area contributed by atoms with Crippen LogP contribution in [0, 0.1) is 28.6 Å². The van der Waals surface area contributed by atoms with Gasteiger partial charge in [-0.05, 0) is 74.2 Å². The molecule has 0 unspecified atom stereocenters. The molecule has 4 aliphatic carbocycles. The molecule has 0 N–H and O–H groups in total. The number of carbonyl (C=O) groups excluding carboxylic acids is 4. The van der Waals surface area contributed by atoms with Crippen LogP contribution in [0.2, 0.25) is 0 Å². The molecule has 3 fully saturated rings. The summed E-state index contributed by atoms with van der Waals surface area (Å²) in [6, 6.07) is 0. The number of Topliss-reactive ketones (excluding diaryl/α,β-unsaturated/α-hetero) is 1. The Morgan fingerprint density at radius 3 is 2.33 bits per heavy atom. The molecule has 0 aromatic rings. The van der Waals surface area contributed by atoms with E-state index in [4.69, 9.17) is 9.47 Å². The van der Waals surface area contributed by atoms with Gasteiger partial charge in [-0.25, -0.2) is 0 Å². The van der Waals surface area contributed by atoms with Gasteiger partial charge in [-0.15, -0.1) is 0 Å². The number of esters is 2. The van der Waals surface area contributed by atoms with E-state index in [9.17, 15) is 19.2 Å². The fraction of sp³-hybridized carbons (Fsp3) is 0.778. The summed E-state index contributed by atoms with van der Waals surface area (Å²) in [5.41, 5.74) is -0.350. The summed E-state index contributed by atoms with van der Waals surface area (Å²) in [6.07, 6.45) is 8.84. The van der Waals surface area contributed by atoms with Crippen LogP contribution < -0.4 is 0 Å². The Balaban J connectivity index is 1.65. The highest BCUT2D eigenvalue weighted by Crippen LogP contribution is 2.68. The first-order valence-electron chi connectivity index (χ1n) is 12.8. The lowest BCUT2D eigenvalue weighted by molar-refractivity contribution is -0.192. The second-order valence-electron chi connectivity index (χ2n) is 11.1. The van der Waals surface area contributed by atoms with Crippen molar-refractivity contribution in [2.75, 3.05) is 6.61 Å². The number of rotatable bonds is 6. The monoisotopic (exact) mass is 458 g/mol. The molecule has 6 atom stereocenters. The SMILES string of the molecule is CCC(=O)OCC(=O)[C@@]1(OC(=O)CC)CC[C@H]2[C@@H]3CCC4=CC(=O)CC[C@]4(C)[C@H]3CC[C@@]21C. The van der Waals surface area contributed by atoms with Crippen molar-refractivity contribution in [3.63, 3.8) is 0 Å². The molecule has 0 heterocycles. The summed E-state index contributed by atoms with van der Waals surface area (Å²) < 4.78 is 11.3. The van der Waals surface area contributed by atoms with Crippen molar-refractivity contribution >= 4 is 23.5 Å². The molecule has 0 bridgehead atoms. The summed E-state index contributed by atoms with van der Waals surface area (Å²) in [4.78, 5) is 49.9. The Kier molecular flexibility index (Phi) is 6.34. The van der Waals surface area contributed by atoms with Crippen molar-refractivity contribution in [1.82, 2.24) is 0 Å². The highest BCUT2D eigenvalue weighted by molar-refractivity contribution is 5.93. The smallest absolute Gasteiger partial charge is 0.306 e. The summed E-state index contributed by atoms with van der Waals surface area (Å²) >= 11 is 0. The van der Waals surface area contributed by atoms with Crippen LogP contribution in [0.1, 0.15) is 91.9 Å². The van der Waals surface area contributed by atoms with Crippen LogP contribution >= 0.6 is 0 Å². The third-order valence-electron chi connectivity index (χ3n) is 9.76. The van der Waals surface area contributed by atoms with Crippen LogP contribution in [-0.4, -0.2) is 35.7 Å². The van der Waals surface area contributed by atoms with Crippen molar-refractivity contribution in [2.45, 2.75) is 97.5 Å². The highest BCUT2D eigenvalue weighted by Gasteiger charge is 2.68. The molecule has 0 spiro atoms. The predicted octanol–water partition coefficient (Wildman–Crippen LogP) is 4.73. The van der Waals surface area contributed by atoms with Crippen molar-refractivity contribution in [3.8, 4) is 0 Å². The van der Waals surface area contributed by atoms with Gasteiger partial charge in [0.1, 0.15) is 0 Å². The Hall–Kier alpha value is -1.98. The number of fused-ring (bicyclic) bond motifs is 5. The summed E-state index contributed by atoms with van der Waals surface area (Å²) in [5.74, 6) is 0.362. The van der Waals surface area contributed by atoms with E-state index in [1.54, 1.807) is 13.8 Å². The van der Waals surface area contributed by atoms with Gasteiger partial charge in [0.05, 0.1) is 0 Å². The average molecular weight is 459 g/mol. The molecule has 0 aliphatic heterocycles. The fourth-order valence-corrected chi connectivity index (χ4v) is 7.87. The van der Waals surface area contributed by atoms with Gasteiger partial charge in [0, 0.05) is 24.7 Å². The number of carbonyl (C=O) groups is 4. The molecule has 0 aromatic carbocycles. The summed E-state index contributed by atoms with van der Waals surface area (Å²) in [7, 11) is 0. The topological polar surface area (TPSA) is 86.7 Å². The highest BCUT2D eigenvalue weighted by atomic mass is 16.6. The first-order chi connectivity index (χ1) is 15.6. The Labute approximate surface area is 196 Å². The largest absolute Gasteiger partial charge is 0.457 e. The van der Waals surface area contributed by atoms with Gasteiger partial charge in [0.2, 0.25) is 5.78 Å². The van der Waals surface area contributed by atoms with E-state index >= 15 is 0 Å². The Morgan fingerprint density at radius 1 is 0.939 bits per heavy atom. The third kappa shape index (κ3) is 3.68. The molecule has 0 amide bonds. The minimum atomic E-state index is -1.23. The van der Waals surface area contributed by atoms with Crippen LogP contribution in [0.25, 0.3) is 0 Å². The van der Waals surface area contributed by atoms with Crippen molar-refractivity contribution in [2.24, 2.45) is 28.6 Å². The molecule has 6 heteroatoms. The maximum Gasteiger partial charge on any atom is 0.306 e. The second-order valence-corrected chi connectivity index (χ2v) is 11.1. The van der Waals surface area contributed by atoms with E-state index in [2.05, 4.69) is 13.8 Å². The van der Waals surface area contributed by atoms with Gasteiger partial charge in [0.25, 0.3) is 0 Å².